The minimum atomic E-state index is -0.108. The van der Waals surface area contributed by atoms with Gasteiger partial charge >= 0.3 is 0 Å². The molecule has 1 amide bonds. The van der Waals surface area contributed by atoms with Crippen molar-refractivity contribution in [3.05, 3.63) is 23.7 Å². The maximum Gasteiger partial charge on any atom is 0.287 e. The quantitative estimate of drug-likeness (QED) is 0.852. The van der Waals surface area contributed by atoms with Crippen LogP contribution in [-0.2, 0) is 0 Å². The van der Waals surface area contributed by atoms with Gasteiger partial charge in [0.05, 0.1) is 6.26 Å². The van der Waals surface area contributed by atoms with E-state index in [9.17, 15) is 4.79 Å². The molecule has 17 heavy (non-hydrogen) atoms. The Bertz CT molecular complexity index is 378. The van der Waals surface area contributed by atoms with E-state index in [-0.39, 0.29) is 24.4 Å². The largest absolute Gasteiger partial charge is 0.459 e. The molecule has 0 radical (unpaired) electrons. The Hall–Kier alpha value is -1.00. The first kappa shape index (κ1) is 14.1. The Morgan fingerprint density at radius 3 is 2.94 bits per heavy atom. The molecule has 2 rings (SSSR count). The van der Waals surface area contributed by atoms with E-state index in [1.165, 1.54) is 0 Å². The first-order chi connectivity index (χ1) is 7.68. The van der Waals surface area contributed by atoms with Crippen LogP contribution in [0.25, 0.3) is 0 Å². The Morgan fingerprint density at radius 1 is 1.59 bits per heavy atom. The van der Waals surface area contributed by atoms with Crippen LogP contribution in [0.4, 0.5) is 0 Å². The summed E-state index contributed by atoms with van der Waals surface area (Å²) in [6, 6.07) is 2.33. The Morgan fingerprint density at radius 2 is 2.35 bits per heavy atom. The highest BCUT2D eigenvalue weighted by molar-refractivity contribution is 5.93. The highest BCUT2D eigenvalue weighted by atomic mass is 35.5. The molecule has 2 heterocycles. The van der Waals surface area contributed by atoms with Crippen LogP contribution in [0.3, 0.4) is 0 Å². The average molecular weight is 259 g/mol. The van der Waals surface area contributed by atoms with Gasteiger partial charge in [-0.3, -0.25) is 4.79 Å². The smallest absolute Gasteiger partial charge is 0.287 e. The van der Waals surface area contributed by atoms with E-state index >= 15 is 0 Å². The first-order valence-electron chi connectivity index (χ1n) is 5.77. The number of aryl methyl sites for hydroxylation is 1. The van der Waals surface area contributed by atoms with Crippen molar-refractivity contribution in [2.45, 2.75) is 38.8 Å². The topological polar surface area (TPSA) is 54.3 Å². The fourth-order valence-corrected chi connectivity index (χ4v) is 2.08. The lowest BCUT2D eigenvalue weighted by molar-refractivity contribution is 0.0891. The van der Waals surface area contributed by atoms with Gasteiger partial charge in [0, 0.05) is 17.6 Å². The average Bonchev–Trinajstić information content (AvgIpc) is 2.68. The second-order valence-corrected chi connectivity index (χ2v) is 4.40. The number of nitrogens with one attached hydrogen (secondary N) is 2. The highest BCUT2D eigenvalue weighted by Crippen LogP contribution is 2.12. The van der Waals surface area contributed by atoms with Gasteiger partial charge < -0.3 is 15.1 Å². The zero-order chi connectivity index (χ0) is 11.5. The Balaban J connectivity index is 0.00000144. The molecule has 1 saturated heterocycles. The van der Waals surface area contributed by atoms with E-state index in [1.807, 2.05) is 6.92 Å². The van der Waals surface area contributed by atoms with Crippen molar-refractivity contribution in [1.29, 1.82) is 0 Å². The van der Waals surface area contributed by atoms with Crippen LogP contribution in [0.2, 0.25) is 0 Å². The first-order valence-corrected chi connectivity index (χ1v) is 5.77. The third kappa shape index (κ3) is 3.23. The Kier molecular flexibility index (Phi) is 5.02. The van der Waals surface area contributed by atoms with Gasteiger partial charge in [0.2, 0.25) is 0 Å². The van der Waals surface area contributed by atoms with Gasteiger partial charge in [-0.15, -0.1) is 12.4 Å². The molecule has 1 aromatic heterocycles. The van der Waals surface area contributed by atoms with Crippen LogP contribution in [0.15, 0.2) is 16.7 Å². The van der Waals surface area contributed by atoms with Crippen LogP contribution in [0.1, 0.15) is 35.9 Å². The van der Waals surface area contributed by atoms with E-state index < -0.39 is 0 Å². The number of hydrogen-bond donors (Lipinski definition) is 2. The summed E-state index contributed by atoms with van der Waals surface area (Å²) in [7, 11) is 0. The van der Waals surface area contributed by atoms with E-state index in [2.05, 4.69) is 17.6 Å². The summed E-state index contributed by atoms with van der Waals surface area (Å²) >= 11 is 0. The molecule has 0 saturated carbocycles. The van der Waals surface area contributed by atoms with Crippen molar-refractivity contribution >= 4 is 18.3 Å². The molecule has 4 nitrogen and oxygen atoms in total. The molecule has 1 aliphatic heterocycles. The highest BCUT2D eigenvalue weighted by Gasteiger charge is 2.24. The summed E-state index contributed by atoms with van der Waals surface area (Å²) in [5, 5.41) is 6.37. The molecule has 2 N–H and O–H groups in total. The lowest BCUT2D eigenvalue weighted by Crippen LogP contribution is -2.51. The summed E-state index contributed by atoms with van der Waals surface area (Å²) < 4.78 is 5.17. The van der Waals surface area contributed by atoms with Crippen molar-refractivity contribution in [3.8, 4) is 0 Å². The van der Waals surface area contributed by atoms with Crippen LogP contribution < -0.4 is 10.6 Å². The predicted octanol–water partition coefficient (Wildman–Crippen LogP) is 1.88. The van der Waals surface area contributed by atoms with Crippen molar-refractivity contribution in [2.24, 2.45) is 0 Å². The fourth-order valence-electron chi connectivity index (χ4n) is 2.08. The minimum absolute atomic E-state index is 0. The van der Waals surface area contributed by atoms with Gasteiger partial charge in [-0.2, -0.15) is 0 Å². The summed E-state index contributed by atoms with van der Waals surface area (Å²) in [5.41, 5.74) is 0.883. The molecule has 2 unspecified atom stereocenters. The predicted molar refractivity (Wildman–Crippen MR) is 68.6 cm³/mol. The molecule has 0 bridgehead atoms. The van der Waals surface area contributed by atoms with Gasteiger partial charge in [-0.05, 0) is 39.3 Å². The van der Waals surface area contributed by atoms with Crippen molar-refractivity contribution in [3.63, 3.8) is 0 Å². The SMILES string of the molecule is Cc1ccoc1C(=O)NC1CCCNC1C.Cl. The lowest BCUT2D eigenvalue weighted by Gasteiger charge is -2.30. The molecule has 2 atom stereocenters. The zero-order valence-electron chi connectivity index (χ0n) is 10.2. The molecule has 0 spiro atoms. The van der Waals surface area contributed by atoms with E-state index in [1.54, 1.807) is 12.3 Å². The van der Waals surface area contributed by atoms with Crippen LogP contribution >= 0.6 is 12.4 Å². The molecule has 1 aliphatic rings. The molecule has 0 aliphatic carbocycles. The number of furan rings is 1. The van der Waals surface area contributed by atoms with Crippen LogP contribution in [-0.4, -0.2) is 24.5 Å². The fraction of sp³-hybridized carbons (Fsp3) is 0.583. The second kappa shape index (κ2) is 6.07. The van der Waals surface area contributed by atoms with Crippen LogP contribution in [0, 0.1) is 6.92 Å². The normalized spacial score (nSPS) is 23.9. The van der Waals surface area contributed by atoms with Gasteiger partial charge in [0.25, 0.3) is 5.91 Å². The summed E-state index contributed by atoms with van der Waals surface area (Å²) in [4.78, 5) is 11.9. The number of carbonyl (C=O) groups is 1. The molecule has 1 aromatic rings. The van der Waals surface area contributed by atoms with E-state index in [0.717, 1.165) is 24.9 Å². The molecule has 1 fully saturated rings. The number of rotatable bonds is 2. The van der Waals surface area contributed by atoms with Gasteiger partial charge in [0.15, 0.2) is 5.76 Å². The van der Waals surface area contributed by atoms with Crippen LogP contribution in [0.5, 0.6) is 0 Å². The monoisotopic (exact) mass is 258 g/mol. The van der Waals surface area contributed by atoms with E-state index in [0.29, 0.717) is 11.8 Å². The standard InChI is InChI=1S/C12H18N2O2.ClH/c1-8-5-7-16-11(8)12(15)14-10-4-3-6-13-9(10)2;/h5,7,9-10,13H,3-4,6H2,1-2H3,(H,14,15);1H. The van der Waals surface area contributed by atoms with Gasteiger partial charge in [-0.25, -0.2) is 0 Å². The number of carbonyl (C=O) groups excluding carboxylic acids is 1. The van der Waals surface area contributed by atoms with Crippen molar-refractivity contribution < 1.29 is 9.21 Å². The lowest BCUT2D eigenvalue weighted by atomic mass is 10.00. The number of hydrogen-bond acceptors (Lipinski definition) is 3. The second-order valence-electron chi connectivity index (χ2n) is 4.40. The van der Waals surface area contributed by atoms with Crippen molar-refractivity contribution in [1.82, 2.24) is 10.6 Å². The minimum Gasteiger partial charge on any atom is -0.459 e. The van der Waals surface area contributed by atoms with Gasteiger partial charge in [0.1, 0.15) is 0 Å². The molecular weight excluding hydrogens is 240 g/mol. The molecule has 5 heteroatoms. The summed E-state index contributed by atoms with van der Waals surface area (Å²) in [5.74, 6) is 0.320. The van der Waals surface area contributed by atoms with Crippen molar-refractivity contribution in [2.75, 3.05) is 6.54 Å². The number of halogens is 1. The third-order valence-corrected chi connectivity index (χ3v) is 3.15. The maximum absolute atomic E-state index is 11.9. The zero-order valence-corrected chi connectivity index (χ0v) is 11.0. The molecule has 0 aromatic carbocycles. The molecular formula is C12H19ClN2O2. The maximum atomic E-state index is 11.9. The van der Waals surface area contributed by atoms with Gasteiger partial charge in [-0.1, -0.05) is 0 Å². The number of piperidine rings is 1. The number of amides is 1. The summed E-state index contributed by atoms with van der Waals surface area (Å²) in [6.45, 7) is 5.01. The van der Waals surface area contributed by atoms with E-state index in [4.69, 9.17) is 4.42 Å². The Labute approximate surface area is 108 Å². The third-order valence-electron chi connectivity index (χ3n) is 3.15. The molecule has 96 valence electrons. The summed E-state index contributed by atoms with van der Waals surface area (Å²) in [6.07, 6.45) is 3.68.